The first-order chi connectivity index (χ1) is 10.2. The van der Waals surface area contributed by atoms with Crippen LogP contribution in [0, 0.1) is 0 Å². The summed E-state index contributed by atoms with van der Waals surface area (Å²) in [6, 6.07) is -0.751. The summed E-state index contributed by atoms with van der Waals surface area (Å²) in [5, 5.41) is 8.73. The van der Waals surface area contributed by atoms with E-state index in [-0.39, 0.29) is 24.8 Å². The molecule has 0 aliphatic heterocycles. The van der Waals surface area contributed by atoms with Gasteiger partial charge >= 0.3 is 0 Å². The van der Waals surface area contributed by atoms with Crippen molar-refractivity contribution in [2.45, 2.75) is 90.0 Å². The predicted molar refractivity (Wildman–Crippen MR) is 97.5 cm³/mol. The van der Waals surface area contributed by atoms with Gasteiger partial charge in [-0.2, -0.15) is 0 Å². The number of carbonyl (C=O) groups is 1. The average molecular weight is 334 g/mol. The molecule has 0 aliphatic rings. The molecule has 3 N–H and O–H groups in total. The molecule has 0 aromatic rings. The van der Waals surface area contributed by atoms with Crippen molar-refractivity contribution in [1.29, 1.82) is 0 Å². The Morgan fingerprint density at radius 3 is 1.86 bits per heavy atom. The Labute approximate surface area is 143 Å². The zero-order valence-electron chi connectivity index (χ0n) is 14.3. The molecular formula is C18H36ClNO2. The Kier molecular flexibility index (Phi) is 20.3. The fraction of sp³-hybridized carbons (Fsp3) is 0.833. The first-order valence-corrected chi connectivity index (χ1v) is 8.79. The third-order valence-electron chi connectivity index (χ3n) is 3.82. The van der Waals surface area contributed by atoms with Crippen LogP contribution in [-0.2, 0) is 4.79 Å². The minimum Gasteiger partial charge on any atom is -0.394 e. The smallest absolute Gasteiger partial charge is 0.174 e. The number of unbranched alkanes of at least 4 members (excludes halogenated alkanes) is 11. The molecule has 0 aliphatic carbocycles. The van der Waals surface area contributed by atoms with Crippen LogP contribution in [0.25, 0.3) is 0 Å². The van der Waals surface area contributed by atoms with E-state index in [1.807, 2.05) is 6.08 Å². The molecule has 0 saturated carbocycles. The Morgan fingerprint density at radius 2 is 1.41 bits per heavy atom. The van der Waals surface area contributed by atoms with Crippen LogP contribution in [-0.4, -0.2) is 23.5 Å². The molecule has 0 amide bonds. The van der Waals surface area contributed by atoms with E-state index in [4.69, 9.17) is 10.8 Å². The fourth-order valence-corrected chi connectivity index (χ4v) is 2.34. The number of nitrogens with two attached hydrogens (primary N) is 1. The monoisotopic (exact) mass is 333 g/mol. The number of ketones is 1. The van der Waals surface area contributed by atoms with Gasteiger partial charge in [-0.15, -0.1) is 12.4 Å². The molecule has 0 spiro atoms. The summed E-state index contributed by atoms with van der Waals surface area (Å²) >= 11 is 0. The van der Waals surface area contributed by atoms with Crippen LogP contribution in [0.4, 0.5) is 0 Å². The van der Waals surface area contributed by atoms with Crippen LogP contribution < -0.4 is 5.73 Å². The van der Waals surface area contributed by atoms with Gasteiger partial charge in [-0.05, 0) is 18.9 Å². The molecule has 0 aromatic carbocycles. The Balaban J connectivity index is 0. The molecular weight excluding hydrogens is 298 g/mol. The number of hydrogen-bond donors (Lipinski definition) is 2. The van der Waals surface area contributed by atoms with Crippen molar-refractivity contribution < 1.29 is 9.90 Å². The third-order valence-corrected chi connectivity index (χ3v) is 3.82. The van der Waals surface area contributed by atoms with Gasteiger partial charge < -0.3 is 10.8 Å². The van der Waals surface area contributed by atoms with E-state index in [1.54, 1.807) is 0 Å². The Hall–Kier alpha value is -0.380. The standard InChI is InChI=1S/C18H35NO2.ClH/c1-2-3-4-5-6-7-8-9-10-11-12-13-14-15-18(21)17(19)16-20;/h14-15,17,20H,2-13,16,19H2,1H3;1H. The van der Waals surface area contributed by atoms with Crippen LogP contribution in [0.15, 0.2) is 12.2 Å². The van der Waals surface area contributed by atoms with Gasteiger partial charge in [-0.3, -0.25) is 4.79 Å². The minimum atomic E-state index is -0.751. The van der Waals surface area contributed by atoms with Crippen molar-refractivity contribution >= 4 is 18.2 Å². The summed E-state index contributed by atoms with van der Waals surface area (Å²) in [7, 11) is 0. The van der Waals surface area contributed by atoms with Crippen LogP contribution in [0.3, 0.4) is 0 Å². The fourth-order valence-electron chi connectivity index (χ4n) is 2.34. The van der Waals surface area contributed by atoms with Gasteiger partial charge in [0, 0.05) is 0 Å². The van der Waals surface area contributed by atoms with Gasteiger partial charge in [0.25, 0.3) is 0 Å². The highest BCUT2D eigenvalue weighted by Crippen LogP contribution is 2.11. The SMILES string of the molecule is CCCCCCCCCCCCCC=CC(=O)C(N)CO.Cl. The zero-order chi connectivity index (χ0) is 15.8. The van der Waals surface area contributed by atoms with E-state index in [0.29, 0.717) is 0 Å². The summed E-state index contributed by atoms with van der Waals surface area (Å²) in [5.41, 5.74) is 5.41. The summed E-state index contributed by atoms with van der Waals surface area (Å²) in [6.45, 7) is 1.98. The van der Waals surface area contributed by atoms with Gasteiger partial charge in [0.15, 0.2) is 5.78 Å². The van der Waals surface area contributed by atoms with Crippen LogP contribution in [0.1, 0.15) is 84.0 Å². The Bertz CT molecular complexity index is 270. The second-order valence-electron chi connectivity index (χ2n) is 5.92. The number of allylic oxidation sites excluding steroid dienone is 1. The number of aliphatic hydroxyl groups excluding tert-OH is 1. The predicted octanol–water partition coefficient (Wildman–Crippen LogP) is 4.55. The van der Waals surface area contributed by atoms with Crippen LogP contribution in [0.5, 0.6) is 0 Å². The molecule has 1 atom stereocenters. The second kappa shape index (κ2) is 18.7. The molecule has 0 bridgehead atoms. The highest BCUT2D eigenvalue weighted by atomic mass is 35.5. The van der Waals surface area contributed by atoms with E-state index < -0.39 is 6.04 Å². The van der Waals surface area contributed by atoms with Gasteiger partial charge in [-0.1, -0.05) is 77.2 Å². The van der Waals surface area contributed by atoms with Crippen molar-refractivity contribution in [3.05, 3.63) is 12.2 Å². The number of hydrogen-bond acceptors (Lipinski definition) is 3. The van der Waals surface area contributed by atoms with Crippen molar-refractivity contribution in [3.63, 3.8) is 0 Å². The largest absolute Gasteiger partial charge is 0.394 e. The molecule has 3 nitrogen and oxygen atoms in total. The number of aliphatic hydroxyl groups is 1. The first-order valence-electron chi connectivity index (χ1n) is 8.79. The van der Waals surface area contributed by atoms with E-state index in [1.165, 1.54) is 70.3 Å². The molecule has 22 heavy (non-hydrogen) atoms. The van der Waals surface area contributed by atoms with E-state index in [9.17, 15) is 4.79 Å². The summed E-state index contributed by atoms with van der Waals surface area (Å²) < 4.78 is 0. The van der Waals surface area contributed by atoms with E-state index in [0.717, 1.165) is 12.8 Å². The zero-order valence-corrected chi connectivity index (χ0v) is 15.1. The third kappa shape index (κ3) is 16.0. The molecule has 0 aromatic heterocycles. The minimum absolute atomic E-state index is 0. The maximum atomic E-state index is 11.3. The molecule has 4 heteroatoms. The quantitative estimate of drug-likeness (QED) is 0.341. The van der Waals surface area contributed by atoms with Gasteiger partial charge in [0.05, 0.1) is 12.6 Å². The lowest BCUT2D eigenvalue weighted by molar-refractivity contribution is -0.116. The highest BCUT2D eigenvalue weighted by molar-refractivity contribution is 5.94. The first kappa shape index (κ1) is 23.9. The van der Waals surface area contributed by atoms with Crippen molar-refractivity contribution in [1.82, 2.24) is 0 Å². The lowest BCUT2D eigenvalue weighted by Gasteiger charge is -2.02. The van der Waals surface area contributed by atoms with Crippen LogP contribution in [0.2, 0.25) is 0 Å². The average Bonchev–Trinajstić information content (AvgIpc) is 2.50. The summed E-state index contributed by atoms with van der Waals surface area (Å²) in [6.07, 6.45) is 19.0. The van der Waals surface area contributed by atoms with E-state index >= 15 is 0 Å². The number of carbonyl (C=O) groups excluding carboxylic acids is 1. The highest BCUT2D eigenvalue weighted by Gasteiger charge is 2.06. The van der Waals surface area contributed by atoms with E-state index in [2.05, 4.69) is 6.92 Å². The second-order valence-corrected chi connectivity index (χ2v) is 5.92. The van der Waals surface area contributed by atoms with Crippen LogP contribution >= 0.6 is 12.4 Å². The normalized spacial score (nSPS) is 12.3. The van der Waals surface area contributed by atoms with Gasteiger partial charge in [0.1, 0.15) is 0 Å². The molecule has 0 fully saturated rings. The number of halogens is 1. The number of rotatable bonds is 15. The van der Waals surface area contributed by atoms with Gasteiger partial charge in [0.2, 0.25) is 0 Å². The molecule has 0 radical (unpaired) electrons. The molecule has 1 unspecified atom stereocenters. The molecule has 0 heterocycles. The summed E-state index contributed by atoms with van der Waals surface area (Å²) in [4.78, 5) is 11.3. The molecule has 0 saturated heterocycles. The van der Waals surface area contributed by atoms with Crippen molar-refractivity contribution in [3.8, 4) is 0 Å². The summed E-state index contributed by atoms with van der Waals surface area (Å²) in [5.74, 6) is -0.180. The lowest BCUT2D eigenvalue weighted by atomic mass is 10.1. The maximum Gasteiger partial charge on any atom is 0.174 e. The lowest BCUT2D eigenvalue weighted by Crippen LogP contribution is -2.32. The Morgan fingerprint density at radius 1 is 0.955 bits per heavy atom. The molecule has 132 valence electrons. The van der Waals surface area contributed by atoms with Crippen molar-refractivity contribution in [2.75, 3.05) is 6.61 Å². The topological polar surface area (TPSA) is 63.3 Å². The maximum absolute atomic E-state index is 11.3. The molecule has 0 rings (SSSR count). The van der Waals surface area contributed by atoms with Crippen molar-refractivity contribution in [2.24, 2.45) is 5.73 Å². The van der Waals surface area contributed by atoms with Gasteiger partial charge in [-0.25, -0.2) is 0 Å².